The van der Waals surface area contributed by atoms with Crippen LogP contribution in [0.1, 0.15) is 97.6 Å². The molecule has 0 aliphatic carbocycles. The van der Waals surface area contributed by atoms with Crippen molar-refractivity contribution in [3.8, 4) is 5.75 Å². The highest BCUT2D eigenvalue weighted by Gasteiger charge is 2.26. The predicted octanol–water partition coefficient (Wildman–Crippen LogP) is 6.87. The summed E-state index contributed by atoms with van der Waals surface area (Å²) in [6.07, 6.45) is 4.38. The molecule has 2 rings (SSSR count). The molecule has 1 heterocycles. The van der Waals surface area contributed by atoms with Crippen LogP contribution in [-0.4, -0.2) is 30.3 Å². The van der Waals surface area contributed by atoms with Gasteiger partial charge in [0.2, 0.25) is 0 Å². The summed E-state index contributed by atoms with van der Waals surface area (Å²) in [6.45, 7) is 17.1. The van der Waals surface area contributed by atoms with Crippen molar-refractivity contribution in [1.82, 2.24) is 0 Å². The van der Waals surface area contributed by atoms with Crippen LogP contribution in [0.4, 0.5) is 0 Å². The summed E-state index contributed by atoms with van der Waals surface area (Å²) in [4.78, 5) is 24.3. The van der Waals surface area contributed by atoms with Gasteiger partial charge in [0, 0.05) is 6.42 Å². The summed E-state index contributed by atoms with van der Waals surface area (Å²) in [5, 5.41) is 9.74. The minimum absolute atomic E-state index is 0.103. The highest BCUT2D eigenvalue weighted by molar-refractivity contribution is 5.78. The molecule has 0 bridgehead atoms. The van der Waals surface area contributed by atoms with Crippen molar-refractivity contribution in [3.05, 3.63) is 29.3 Å². The Morgan fingerprint density at radius 3 is 2.41 bits per heavy atom. The van der Waals surface area contributed by atoms with Gasteiger partial charge in [-0.2, -0.15) is 0 Å². The number of hydrogen-bond donors (Lipinski definition) is 1. The summed E-state index contributed by atoms with van der Waals surface area (Å²) in [7, 11) is 0. The average Bonchev–Trinajstić information content (AvgIpc) is 2.76. The Morgan fingerprint density at radius 1 is 1.09 bits per heavy atom. The molecule has 1 aromatic rings. The number of rotatable bonds is 12. The first-order valence-corrected chi connectivity index (χ1v) is 13.0. The minimum atomic E-state index is -0.912. The van der Waals surface area contributed by atoms with E-state index >= 15 is 0 Å². The van der Waals surface area contributed by atoms with Crippen molar-refractivity contribution < 1.29 is 24.2 Å². The second-order valence-corrected chi connectivity index (χ2v) is 11.7. The van der Waals surface area contributed by atoms with Crippen LogP contribution in [0.3, 0.4) is 0 Å². The number of hydrogen-bond acceptors (Lipinski definition) is 4. The van der Waals surface area contributed by atoms with Crippen LogP contribution in [0.15, 0.2) is 18.2 Å². The SMILES string of the molecule is CC(CC(C)C(C)(C)C)C(C)C[C@@H](C)COC(=O)CCC(C(=O)O)c1ccc2c(c1)CCCO2. The third kappa shape index (κ3) is 8.63. The van der Waals surface area contributed by atoms with E-state index in [2.05, 4.69) is 48.5 Å². The normalized spacial score (nSPS) is 18.1. The molecule has 5 heteroatoms. The maximum atomic E-state index is 12.4. The summed E-state index contributed by atoms with van der Waals surface area (Å²) in [6, 6.07) is 5.58. The molecule has 1 aromatic carbocycles. The lowest BCUT2D eigenvalue weighted by atomic mass is 9.74. The second kappa shape index (κ2) is 12.6. The van der Waals surface area contributed by atoms with Crippen molar-refractivity contribution in [2.24, 2.45) is 29.1 Å². The monoisotopic (exact) mass is 474 g/mol. The Balaban J connectivity index is 1.79. The van der Waals surface area contributed by atoms with Gasteiger partial charge < -0.3 is 14.6 Å². The summed E-state index contributed by atoms with van der Waals surface area (Å²) < 4.78 is 11.1. The number of aryl methyl sites for hydroxylation is 1. The topological polar surface area (TPSA) is 72.8 Å². The van der Waals surface area contributed by atoms with Crippen molar-refractivity contribution >= 4 is 11.9 Å². The third-order valence-electron chi connectivity index (χ3n) is 7.75. The van der Waals surface area contributed by atoms with E-state index in [1.165, 1.54) is 6.42 Å². The van der Waals surface area contributed by atoms with Gasteiger partial charge in [-0.05, 0) is 78.4 Å². The van der Waals surface area contributed by atoms with Gasteiger partial charge in [-0.25, -0.2) is 0 Å². The van der Waals surface area contributed by atoms with Gasteiger partial charge in [-0.1, -0.05) is 60.6 Å². The lowest BCUT2D eigenvalue weighted by Gasteiger charge is -2.32. The van der Waals surface area contributed by atoms with Gasteiger partial charge in [-0.3, -0.25) is 9.59 Å². The molecule has 0 saturated carbocycles. The van der Waals surface area contributed by atoms with Crippen molar-refractivity contribution in [3.63, 3.8) is 0 Å². The van der Waals surface area contributed by atoms with Crippen LogP contribution >= 0.6 is 0 Å². The lowest BCUT2D eigenvalue weighted by molar-refractivity contribution is -0.145. The number of carboxylic acids is 1. The Hall–Kier alpha value is -2.04. The Kier molecular flexibility index (Phi) is 10.5. The van der Waals surface area contributed by atoms with Crippen LogP contribution in [0, 0.1) is 29.1 Å². The molecule has 4 unspecified atom stereocenters. The fourth-order valence-electron chi connectivity index (χ4n) is 4.68. The first kappa shape index (κ1) is 28.2. The van der Waals surface area contributed by atoms with Gasteiger partial charge in [-0.15, -0.1) is 0 Å². The quantitative estimate of drug-likeness (QED) is 0.335. The highest BCUT2D eigenvalue weighted by Crippen LogP contribution is 2.34. The molecular formula is C29H46O5. The maximum absolute atomic E-state index is 12.4. The van der Waals surface area contributed by atoms with Crippen LogP contribution < -0.4 is 4.74 Å². The number of aliphatic carboxylic acids is 1. The summed E-state index contributed by atoms with van der Waals surface area (Å²) in [5.74, 6) is 0.997. The molecule has 0 amide bonds. The van der Waals surface area contributed by atoms with E-state index in [0.717, 1.165) is 36.1 Å². The minimum Gasteiger partial charge on any atom is -0.493 e. The van der Waals surface area contributed by atoms with E-state index in [4.69, 9.17) is 9.47 Å². The fourth-order valence-corrected chi connectivity index (χ4v) is 4.68. The van der Waals surface area contributed by atoms with E-state index in [1.54, 1.807) is 6.07 Å². The molecule has 5 nitrogen and oxygen atoms in total. The molecule has 34 heavy (non-hydrogen) atoms. The number of ether oxygens (including phenoxy) is 2. The molecule has 0 spiro atoms. The van der Waals surface area contributed by atoms with Crippen molar-refractivity contribution in [2.45, 2.75) is 92.9 Å². The summed E-state index contributed by atoms with van der Waals surface area (Å²) >= 11 is 0. The largest absolute Gasteiger partial charge is 0.493 e. The molecular weight excluding hydrogens is 428 g/mol. The third-order valence-corrected chi connectivity index (χ3v) is 7.75. The standard InChI is InChI=1S/C29H46O5/c1-19(15-20(2)21(3)16-22(4)29(5,6)7)18-34-27(30)13-11-25(28(31)32)23-10-12-26-24(17-23)9-8-14-33-26/h10,12,17,19-22,25H,8-9,11,13-16,18H2,1-7H3,(H,31,32)/t19-,20?,21?,22?,25?/m1/s1. The van der Waals surface area contributed by atoms with E-state index < -0.39 is 11.9 Å². The molecule has 1 N–H and O–H groups in total. The molecule has 1 aliphatic rings. The first-order valence-electron chi connectivity index (χ1n) is 13.0. The zero-order valence-corrected chi connectivity index (χ0v) is 22.4. The fraction of sp³-hybridized carbons (Fsp3) is 0.724. The van der Waals surface area contributed by atoms with Gasteiger partial charge in [0.1, 0.15) is 5.75 Å². The Bertz CT molecular complexity index is 809. The number of carboxylic acid groups (broad SMARTS) is 1. The number of carbonyl (C=O) groups is 2. The molecule has 192 valence electrons. The van der Waals surface area contributed by atoms with Crippen LogP contribution in [-0.2, 0) is 20.7 Å². The average molecular weight is 475 g/mol. The lowest BCUT2D eigenvalue weighted by Crippen LogP contribution is -2.23. The molecule has 5 atom stereocenters. The summed E-state index contributed by atoms with van der Waals surface area (Å²) in [5.41, 5.74) is 2.09. The van der Waals surface area contributed by atoms with E-state index in [9.17, 15) is 14.7 Å². The van der Waals surface area contributed by atoms with Crippen molar-refractivity contribution in [1.29, 1.82) is 0 Å². The number of benzene rings is 1. The zero-order valence-electron chi connectivity index (χ0n) is 22.4. The second-order valence-electron chi connectivity index (χ2n) is 11.7. The van der Waals surface area contributed by atoms with E-state index in [-0.39, 0.29) is 24.7 Å². The molecule has 1 aliphatic heterocycles. The number of esters is 1. The van der Waals surface area contributed by atoms with E-state index in [0.29, 0.717) is 36.4 Å². The van der Waals surface area contributed by atoms with Gasteiger partial charge in [0.25, 0.3) is 0 Å². The highest BCUT2D eigenvalue weighted by atomic mass is 16.5. The van der Waals surface area contributed by atoms with Crippen molar-refractivity contribution in [2.75, 3.05) is 13.2 Å². The number of fused-ring (bicyclic) bond motifs is 1. The van der Waals surface area contributed by atoms with E-state index in [1.807, 2.05) is 12.1 Å². The Labute approximate surface area is 206 Å². The molecule has 0 saturated heterocycles. The first-order chi connectivity index (χ1) is 15.9. The molecule has 0 fully saturated rings. The van der Waals surface area contributed by atoms with Gasteiger partial charge in [0.05, 0.1) is 19.1 Å². The maximum Gasteiger partial charge on any atom is 0.310 e. The molecule has 0 radical (unpaired) electrons. The predicted molar refractivity (Wildman–Crippen MR) is 136 cm³/mol. The van der Waals surface area contributed by atoms with Crippen LogP contribution in [0.5, 0.6) is 5.75 Å². The smallest absolute Gasteiger partial charge is 0.310 e. The van der Waals surface area contributed by atoms with Crippen LogP contribution in [0.25, 0.3) is 0 Å². The Morgan fingerprint density at radius 2 is 1.76 bits per heavy atom. The number of carbonyl (C=O) groups excluding carboxylic acids is 1. The van der Waals surface area contributed by atoms with Crippen LogP contribution in [0.2, 0.25) is 0 Å². The zero-order chi connectivity index (χ0) is 25.5. The van der Waals surface area contributed by atoms with Gasteiger partial charge in [0.15, 0.2) is 0 Å². The van der Waals surface area contributed by atoms with Gasteiger partial charge >= 0.3 is 11.9 Å². The molecule has 0 aromatic heterocycles.